The van der Waals surface area contributed by atoms with E-state index in [1.807, 2.05) is 0 Å². The number of carbonyl (C=O) groups excluding carboxylic acids is 1. The lowest BCUT2D eigenvalue weighted by atomic mass is 10.3. The van der Waals surface area contributed by atoms with E-state index < -0.39 is 35.3 Å². The van der Waals surface area contributed by atoms with Crippen LogP contribution in [0.25, 0.3) is 0 Å². The van der Waals surface area contributed by atoms with Gasteiger partial charge in [0.15, 0.2) is 5.69 Å². The molecule has 0 atom stereocenters. The molecule has 1 amide bonds. The Hall–Kier alpha value is -1.81. The number of amides is 1. The standard InChI is InChI=1S/C9H5ClF3N3O/c1-16(8(17)9(11,12)13)6-2-3-7(10)15-5(6)4-14/h2-3H,1H3/i1D3. The van der Waals surface area contributed by atoms with E-state index in [9.17, 15) is 18.0 Å². The number of nitriles is 1. The highest BCUT2D eigenvalue weighted by Gasteiger charge is 2.42. The molecule has 90 valence electrons. The maximum absolute atomic E-state index is 12.5. The lowest BCUT2D eigenvalue weighted by Gasteiger charge is -2.19. The zero-order chi connectivity index (χ0) is 15.7. The molecule has 0 unspecified atom stereocenters. The number of pyridine rings is 1. The number of carbonyl (C=O) groups is 1. The summed E-state index contributed by atoms with van der Waals surface area (Å²) in [7, 11) is 0. The van der Waals surface area contributed by atoms with Crippen molar-refractivity contribution in [3.05, 3.63) is 23.0 Å². The van der Waals surface area contributed by atoms with Gasteiger partial charge in [0.05, 0.1) is 5.69 Å². The third-order valence-electron chi connectivity index (χ3n) is 1.63. The van der Waals surface area contributed by atoms with Crippen LogP contribution in [-0.2, 0) is 4.79 Å². The second kappa shape index (κ2) is 4.59. The van der Waals surface area contributed by atoms with Crippen molar-refractivity contribution in [3.63, 3.8) is 0 Å². The Morgan fingerprint density at radius 3 is 2.76 bits per heavy atom. The smallest absolute Gasteiger partial charge is 0.305 e. The Balaban J connectivity index is 3.49. The van der Waals surface area contributed by atoms with E-state index in [0.717, 1.165) is 12.1 Å². The minimum absolute atomic E-state index is 0.227. The quantitative estimate of drug-likeness (QED) is 0.732. The fourth-order valence-corrected chi connectivity index (χ4v) is 1.07. The Kier molecular flexibility index (Phi) is 2.50. The van der Waals surface area contributed by atoms with Crippen molar-refractivity contribution in [2.75, 3.05) is 11.9 Å². The SMILES string of the molecule is [2H]C([2H])([2H])N(C(=O)C(F)(F)F)c1ccc(Cl)nc1C#N. The third-order valence-corrected chi connectivity index (χ3v) is 1.84. The van der Waals surface area contributed by atoms with Crippen molar-refractivity contribution in [1.29, 1.82) is 5.26 Å². The number of nitrogens with zero attached hydrogens (tertiary/aromatic N) is 3. The molecule has 0 aromatic carbocycles. The summed E-state index contributed by atoms with van der Waals surface area (Å²) in [6.45, 7) is -3.44. The molecule has 0 aliphatic rings. The van der Waals surface area contributed by atoms with E-state index in [1.54, 1.807) is 0 Å². The van der Waals surface area contributed by atoms with Gasteiger partial charge in [-0.25, -0.2) is 4.98 Å². The molecule has 0 saturated heterocycles. The van der Waals surface area contributed by atoms with Crippen LogP contribution in [0.15, 0.2) is 12.1 Å². The van der Waals surface area contributed by atoms with E-state index in [1.165, 1.54) is 6.07 Å². The second-order valence-electron chi connectivity index (χ2n) is 2.75. The molecule has 1 aromatic rings. The van der Waals surface area contributed by atoms with Crippen molar-refractivity contribution in [3.8, 4) is 6.07 Å². The van der Waals surface area contributed by atoms with Gasteiger partial charge in [-0.1, -0.05) is 11.6 Å². The second-order valence-corrected chi connectivity index (χ2v) is 3.14. The van der Waals surface area contributed by atoms with Gasteiger partial charge in [-0.3, -0.25) is 4.79 Å². The van der Waals surface area contributed by atoms with Crippen LogP contribution in [0.3, 0.4) is 0 Å². The van der Waals surface area contributed by atoms with Crippen LogP contribution in [-0.4, -0.2) is 24.0 Å². The lowest BCUT2D eigenvalue weighted by molar-refractivity contribution is -0.170. The van der Waals surface area contributed by atoms with Crippen molar-refractivity contribution in [2.24, 2.45) is 0 Å². The molecule has 4 nitrogen and oxygen atoms in total. The van der Waals surface area contributed by atoms with Crippen molar-refractivity contribution in [2.45, 2.75) is 6.18 Å². The third kappa shape index (κ3) is 2.85. The van der Waals surface area contributed by atoms with E-state index >= 15 is 0 Å². The van der Waals surface area contributed by atoms with Crippen molar-refractivity contribution >= 4 is 23.2 Å². The molecule has 8 heteroatoms. The Morgan fingerprint density at radius 2 is 2.29 bits per heavy atom. The van der Waals surface area contributed by atoms with E-state index in [-0.39, 0.29) is 5.15 Å². The number of alkyl halides is 3. The molecule has 0 spiro atoms. The molecule has 0 saturated carbocycles. The minimum atomic E-state index is -5.42. The lowest BCUT2D eigenvalue weighted by Crippen LogP contribution is -2.39. The first kappa shape index (κ1) is 9.24. The first-order valence-corrected chi connectivity index (χ1v) is 4.34. The van der Waals surface area contributed by atoms with Gasteiger partial charge in [-0.05, 0) is 12.1 Å². The molecule has 1 heterocycles. The van der Waals surface area contributed by atoms with E-state index in [4.69, 9.17) is 21.0 Å². The predicted octanol–water partition coefficient (Wildman–Crippen LogP) is 2.13. The zero-order valence-electron chi connectivity index (χ0n) is 10.9. The summed E-state index contributed by atoms with van der Waals surface area (Å²) >= 11 is 5.46. The molecule has 1 rings (SSSR count). The largest absolute Gasteiger partial charge is 0.471 e. The average Bonchev–Trinajstić information content (AvgIpc) is 2.28. The monoisotopic (exact) mass is 266 g/mol. The highest BCUT2D eigenvalue weighted by Crippen LogP contribution is 2.25. The summed E-state index contributed by atoms with van der Waals surface area (Å²) < 4.78 is 58.5. The molecular formula is C9H5ClF3N3O. The summed E-state index contributed by atoms with van der Waals surface area (Å²) in [6, 6.07) is 3.17. The summed E-state index contributed by atoms with van der Waals surface area (Å²) in [5.74, 6) is -2.63. The Labute approximate surface area is 103 Å². The first-order valence-electron chi connectivity index (χ1n) is 5.46. The van der Waals surface area contributed by atoms with Crippen molar-refractivity contribution < 1.29 is 22.1 Å². The van der Waals surface area contributed by atoms with Crippen molar-refractivity contribution in [1.82, 2.24) is 4.98 Å². The molecule has 0 fully saturated rings. The summed E-state index contributed by atoms with van der Waals surface area (Å²) in [5.41, 5.74) is -1.49. The molecule has 0 N–H and O–H groups in total. The predicted molar refractivity (Wildman–Crippen MR) is 53.4 cm³/mol. The zero-order valence-corrected chi connectivity index (χ0v) is 8.67. The van der Waals surface area contributed by atoms with Crippen LogP contribution in [0.5, 0.6) is 0 Å². The topological polar surface area (TPSA) is 57.0 Å². The number of hydrogen-bond acceptors (Lipinski definition) is 3. The Bertz CT molecular complexity index is 583. The fourth-order valence-electron chi connectivity index (χ4n) is 0.927. The van der Waals surface area contributed by atoms with Gasteiger partial charge in [0.1, 0.15) is 11.2 Å². The highest BCUT2D eigenvalue weighted by molar-refractivity contribution is 6.29. The van der Waals surface area contributed by atoms with E-state index in [0.29, 0.717) is 0 Å². The van der Waals surface area contributed by atoms with Crippen LogP contribution in [0.4, 0.5) is 18.9 Å². The molecule has 0 bridgehead atoms. The van der Waals surface area contributed by atoms with E-state index in [2.05, 4.69) is 4.98 Å². The molecular weight excluding hydrogens is 259 g/mol. The van der Waals surface area contributed by atoms with Crippen LogP contribution < -0.4 is 4.90 Å². The molecule has 0 aliphatic carbocycles. The normalized spacial score (nSPS) is 14.2. The van der Waals surface area contributed by atoms with Crippen LogP contribution >= 0.6 is 11.6 Å². The number of anilines is 1. The molecule has 17 heavy (non-hydrogen) atoms. The number of halogens is 4. The average molecular weight is 267 g/mol. The Morgan fingerprint density at radius 1 is 1.65 bits per heavy atom. The summed E-state index contributed by atoms with van der Waals surface area (Å²) in [6.07, 6.45) is -5.42. The molecule has 0 radical (unpaired) electrons. The highest BCUT2D eigenvalue weighted by atomic mass is 35.5. The number of rotatable bonds is 1. The summed E-state index contributed by atoms with van der Waals surface area (Å²) in [4.78, 5) is 14.1. The van der Waals surface area contributed by atoms with Crippen LogP contribution in [0.2, 0.25) is 5.15 Å². The van der Waals surface area contributed by atoms with Gasteiger partial charge in [-0.15, -0.1) is 0 Å². The molecule has 1 aromatic heterocycles. The van der Waals surface area contributed by atoms with Gasteiger partial charge >= 0.3 is 12.1 Å². The first-order chi connectivity index (χ1) is 8.98. The summed E-state index contributed by atoms with van der Waals surface area (Å²) in [5, 5.41) is 8.54. The number of aromatic nitrogens is 1. The van der Waals surface area contributed by atoms with Gasteiger partial charge in [0.2, 0.25) is 0 Å². The van der Waals surface area contributed by atoms with Gasteiger partial charge < -0.3 is 4.90 Å². The fraction of sp³-hybridized carbons (Fsp3) is 0.222. The maximum atomic E-state index is 12.5. The maximum Gasteiger partial charge on any atom is 0.471 e. The minimum Gasteiger partial charge on any atom is -0.305 e. The van der Waals surface area contributed by atoms with Crippen LogP contribution in [0.1, 0.15) is 9.81 Å². The van der Waals surface area contributed by atoms with Gasteiger partial charge in [-0.2, -0.15) is 18.4 Å². The number of hydrogen-bond donors (Lipinski definition) is 0. The van der Waals surface area contributed by atoms with Gasteiger partial charge in [0.25, 0.3) is 0 Å². The van der Waals surface area contributed by atoms with Crippen LogP contribution in [0, 0.1) is 11.3 Å². The molecule has 0 aliphatic heterocycles. The van der Waals surface area contributed by atoms with Gasteiger partial charge in [0, 0.05) is 11.1 Å².